The van der Waals surface area contributed by atoms with Gasteiger partial charge in [-0.25, -0.2) is 4.39 Å². The van der Waals surface area contributed by atoms with Gasteiger partial charge in [0.2, 0.25) is 0 Å². The molecule has 5 heteroatoms. The van der Waals surface area contributed by atoms with E-state index in [1.165, 1.54) is 6.07 Å². The molecule has 1 aliphatic carbocycles. The lowest BCUT2D eigenvalue weighted by atomic mass is 9.80. The third-order valence-electron chi connectivity index (χ3n) is 4.25. The van der Waals surface area contributed by atoms with E-state index in [0.29, 0.717) is 23.1 Å². The van der Waals surface area contributed by atoms with Crippen molar-refractivity contribution in [3.05, 3.63) is 33.6 Å². The Morgan fingerprint density at radius 3 is 2.65 bits per heavy atom. The maximum atomic E-state index is 13.5. The van der Waals surface area contributed by atoms with Gasteiger partial charge in [0.25, 0.3) is 5.69 Å². The predicted molar refractivity (Wildman–Crippen MR) is 77.4 cm³/mol. The molecule has 1 fully saturated rings. The molecule has 0 spiro atoms. The Bertz CT molecular complexity index is 519. The summed E-state index contributed by atoms with van der Waals surface area (Å²) in [7, 11) is 0. The third kappa shape index (κ3) is 3.08. The summed E-state index contributed by atoms with van der Waals surface area (Å²) in [5, 5.41) is 14.3. The van der Waals surface area contributed by atoms with Crippen LogP contribution in [0.5, 0.6) is 0 Å². The Hall–Kier alpha value is -1.65. The van der Waals surface area contributed by atoms with Crippen LogP contribution in [-0.4, -0.2) is 11.0 Å². The van der Waals surface area contributed by atoms with Crippen molar-refractivity contribution in [3.8, 4) is 0 Å². The maximum Gasteiger partial charge on any atom is 0.295 e. The summed E-state index contributed by atoms with van der Waals surface area (Å²) in [6, 6.07) is 2.76. The first-order valence-corrected chi connectivity index (χ1v) is 7.09. The maximum absolute atomic E-state index is 13.5. The van der Waals surface area contributed by atoms with Crippen molar-refractivity contribution in [2.45, 2.75) is 46.1 Å². The Morgan fingerprint density at radius 2 is 2.05 bits per heavy atom. The predicted octanol–water partition coefficient (Wildman–Crippen LogP) is 4.28. The second-order valence-electron chi connectivity index (χ2n) is 6.02. The number of nitrogens with one attached hydrogen (secondary N) is 1. The van der Waals surface area contributed by atoms with Crippen LogP contribution in [0.1, 0.15) is 38.7 Å². The van der Waals surface area contributed by atoms with Gasteiger partial charge in [0.15, 0.2) is 0 Å². The fourth-order valence-electron chi connectivity index (χ4n) is 3.02. The van der Waals surface area contributed by atoms with E-state index in [1.54, 1.807) is 6.92 Å². The van der Waals surface area contributed by atoms with Gasteiger partial charge in [-0.15, -0.1) is 0 Å². The van der Waals surface area contributed by atoms with Gasteiger partial charge in [-0.05, 0) is 49.7 Å². The molecule has 2 rings (SSSR count). The largest absolute Gasteiger partial charge is 0.376 e. The fraction of sp³-hybridized carbons (Fsp3) is 0.600. The molecule has 0 bridgehead atoms. The van der Waals surface area contributed by atoms with Gasteiger partial charge in [-0.1, -0.05) is 13.8 Å². The number of hydrogen-bond donors (Lipinski definition) is 1. The van der Waals surface area contributed by atoms with Crippen LogP contribution in [0.2, 0.25) is 0 Å². The van der Waals surface area contributed by atoms with Crippen molar-refractivity contribution in [3.63, 3.8) is 0 Å². The summed E-state index contributed by atoms with van der Waals surface area (Å²) in [5.41, 5.74) is 0.675. The molecule has 0 amide bonds. The van der Waals surface area contributed by atoms with E-state index >= 15 is 0 Å². The molecule has 1 aromatic rings. The van der Waals surface area contributed by atoms with Crippen molar-refractivity contribution >= 4 is 11.4 Å². The molecule has 1 saturated carbocycles. The number of nitro benzene ring substituents is 1. The first-order chi connectivity index (χ1) is 9.38. The highest BCUT2D eigenvalue weighted by Gasteiger charge is 2.27. The van der Waals surface area contributed by atoms with E-state index in [0.717, 1.165) is 25.3 Å². The summed E-state index contributed by atoms with van der Waals surface area (Å²) in [6.45, 7) is 6.02. The SMILES string of the molecule is Cc1cc(NC2CCC(C)CC2C)c([N+](=O)[O-])cc1F. The number of hydrogen-bond acceptors (Lipinski definition) is 3. The molecule has 110 valence electrons. The lowest BCUT2D eigenvalue weighted by Crippen LogP contribution is -2.33. The van der Waals surface area contributed by atoms with Gasteiger partial charge in [-0.3, -0.25) is 10.1 Å². The minimum atomic E-state index is -0.535. The van der Waals surface area contributed by atoms with Crippen LogP contribution in [0.4, 0.5) is 15.8 Å². The zero-order chi connectivity index (χ0) is 14.9. The monoisotopic (exact) mass is 280 g/mol. The molecule has 3 atom stereocenters. The quantitative estimate of drug-likeness (QED) is 0.664. The Labute approximate surface area is 118 Å². The number of anilines is 1. The average molecular weight is 280 g/mol. The van der Waals surface area contributed by atoms with Gasteiger partial charge in [-0.2, -0.15) is 0 Å². The van der Waals surface area contributed by atoms with Crippen LogP contribution < -0.4 is 5.32 Å². The molecule has 1 aliphatic rings. The second-order valence-corrected chi connectivity index (χ2v) is 6.02. The number of benzene rings is 1. The first kappa shape index (κ1) is 14.8. The smallest absolute Gasteiger partial charge is 0.295 e. The lowest BCUT2D eigenvalue weighted by Gasteiger charge is -2.33. The summed E-state index contributed by atoms with van der Waals surface area (Å²) in [4.78, 5) is 10.5. The lowest BCUT2D eigenvalue weighted by molar-refractivity contribution is -0.384. The van der Waals surface area contributed by atoms with Crippen LogP contribution in [0, 0.1) is 34.7 Å². The van der Waals surface area contributed by atoms with E-state index in [9.17, 15) is 14.5 Å². The summed E-state index contributed by atoms with van der Waals surface area (Å²) < 4.78 is 13.5. The summed E-state index contributed by atoms with van der Waals surface area (Å²) in [5.74, 6) is 0.629. The van der Waals surface area contributed by atoms with E-state index in [2.05, 4.69) is 19.2 Å². The van der Waals surface area contributed by atoms with Crippen LogP contribution >= 0.6 is 0 Å². The first-order valence-electron chi connectivity index (χ1n) is 7.09. The number of halogens is 1. The second kappa shape index (κ2) is 5.77. The van der Waals surface area contributed by atoms with E-state index in [4.69, 9.17) is 0 Å². The van der Waals surface area contributed by atoms with Gasteiger partial charge in [0.1, 0.15) is 11.5 Å². The Morgan fingerprint density at radius 1 is 1.35 bits per heavy atom. The summed E-state index contributed by atoms with van der Waals surface area (Å²) >= 11 is 0. The Kier molecular flexibility index (Phi) is 4.26. The molecular weight excluding hydrogens is 259 g/mol. The molecule has 1 N–H and O–H groups in total. The van der Waals surface area contributed by atoms with Crippen LogP contribution in [0.3, 0.4) is 0 Å². The molecule has 0 saturated heterocycles. The van der Waals surface area contributed by atoms with Crippen LogP contribution in [0.15, 0.2) is 12.1 Å². The third-order valence-corrected chi connectivity index (χ3v) is 4.25. The molecule has 0 radical (unpaired) electrons. The fourth-order valence-corrected chi connectivity index (χ4v) is 3.02. The van der Waals surface area contributed by atoms with Crippen molar-refractivity contribution in [2.24, 2.45) is 11.8 Å². The van der Waals surface area contributed by atoms with E-state index < -0.39 is 10.7 Å². The molecule has 0 aliphatic heterocycles. The Balaban J connectivity index is 2.24. The van der Waals surface area contributed by atoms with Crippen molar-refractivity contribution in [2.75, 3.05) is 5.32 Å². The van der Waals surface area contributed by atoms with Crippen molar-refractivity contribution in [1.82, 2.24) is 0 Å². The average Bonchev–Trinajstić information content (AvgIpc) is 2.36. The molecule has 3 unspecified atom stereocenters. The number of aryl methyl sites for hydroxylation is 1. The van der Waals surface area contributed by atoms with Crippen LogP contribution in [0.25, 0.3) is 0 Å². The minimum absolute atomic E-state index is 0.182. The zero-order valence-electron chi connectivity index (χ0n) is 12.1. The van der Waals surface area contributed by atoms with E-state index in [1.807, 2.05) is 0 Å². The number of rotatable bonds is 3. The van der Waals surface area contributed by atoms with Gasteiger partial charge in [0, 0.05) is 6.04 Å². The van der Waals surface area contributed by atoms with Gasteiger partial charge in [0.05, 0.1) is 11.0 Å². The van der Waals surface area contributed by atoms with E-state index in [-0.39, 0.29) is 11.7 Å². The molecule has 0 aromatic heterocycles. The van der Waals surface area contributed by atoms with Gasteiger partial charge < -0.3 is 5.32 Å². The zero-order valence-corrected chi connectivity index (χ0v) is 12.1. The molecule has 4 nitrogen and oxygen atoms in total. The molecule has 1 aromatic carbocycles. The highest BCUT2D eigenvalue weighted by molar-refractivity contribution is 5.63. The van der Waals surface area contributed by atoms with Crippen molar-refractivity contribution < 1.29 is 9.31 Å². The molecule has 0 heterocycles. The molecule has 20 heavy (non-hydrogen) atoms. The normalized spacial score (nSPS) is 26.3. The standard InChI is InChI=1S/C15H21FN2O2/c1-9-4-5-13(11(3)6-9)17-14-7-10(2)12(16)8-15(14)18(19)20/h7-9,11,13,17H,4-6H2,1-3H3. The number of nitrogens with zero attached hydrogens (tertiary/aromatic N) is 1. The molecular formula is C15H21FN2O2. The van der Waals surface area contributed by atoms with Crippen LogP contribution in [-0.2, 0) is 0 Å². The summed E-state index contributed by atoms with van der Waals surface area (Å²) in [6.07, 6.45) is 3.23. The highest BCUT2D eigenvalue weighted by Crippen LogP contribution is 2.34. The number of nitro groups is 1. The van der Waals surface area contributed by atoms with Gasteiger partial charge >= 0.3 is 0 Å². The highest BCUT2D eigenvalue weighted by atomic mass is 19.1. The minimum Gasteiger partial charge on any atom is -0.376 e. The van der Waals surface area contributed by atoms with Crippen molar-refractivity contribution in [1.29, 1.82) is 0 Å². The topological polar surface area (TPSA) is 55.2 Å².